The fourth-order valence-corrected chi connectivity index (χ4v) is 4.44. The smallest absolute Gasteiger partial charge is 0.333 e. The number of carbonyl (C=O) groups excluding carboxylic acids is 1. The van der Waals surface area contributed by atoms with Crippen LogP contribution >= 0.6 is 20.2 Å². The molecule has 0 saturated heterocycles. The van der Waals surface area contributed by atoms with Gasteiger partial charge in [0.2, 0.25) is 0 Å². The summed E-state index contributed by atoms with van der Waals surface area (Å²) in [5.41, 5.74) is 3.15. The zero-order chi connectivity index (χ0) is 27.6. The van der Waals surface area contributed by atoms with E-state index in [2.05, 4.69) is 13.0 Å². The maximum absolute atomic E-state index is 12.3. The molecule has 0 fully saturated rings. The zero-order valence-electron chi connectivity index (χ0n) is 22.7. The number of rotatable bonds is 17. The summed E-state index contributed by atoms with van der Waals surface area (Å²) in [6.45, 7) is 6.71. The highest BCUT2D eigenvalue weighted by atomic mass is 35.5. The highest BCUT2D eigenvalue weighted by molar-refractivity contribution is 7.41. The molecule has 6 nitrogen and oxygen atoms in total. The van der Waals surface area contributed by atoms with E-state index >= 15 is 0 Å². The minimum Gasteiger partial charge on any atom is -0.445 e. The van der Waals surface area contributed by atoms with Gasteiger partial charge in [0.15, 0.2) is 5.56 Å². The fraction of sp³-hybridized carbons (Fsp3) is 0.367. The predicted molar refractivity (Wildman–Crippen MR) is 155 cm³/mol. The van der Waals surface area contributed by atoms with Crippen LogP contribution in [0.2, 0.25) is 0 Å². The summed E-state index contributed by atoms with van der Waals surface area (Å²) < 4.78 is 23.6. The highest BCUT2D eigenvalue weighted by Crippen LogP contribution is 2.42. The van der Waals surface area contributed by atoms with Crippen LogP contribution in [0.1, 0.15) is 44.7 Å². The van der Waals surface area contributed by atoms with Gasteiger partial charge in [-0.1, -0.05) is 110 Å². The van der Waals surface area contributed by atoms with Crippen molar-refractivity contribution in [2.45, 2.75) is 52.4 Å². The Labute approximate surface area is 233 Å². The number of halogens is 1. The van der Waals surface area contributed by atoms with E-state index < -0.39 is 20.1 Å². The van der Waals surface area contributed by atoms with Crippen LogP contribution in [0.4, 0.5) is 0 Å². The Morgan fingerprint density at radius 1 is 1.00 bits per heavy atom. The molecule has 2 aromatic carbocycles. The lowest BCUT2D eigenvalue weighted by molar-refractivity contribution is -0.145. The first kappa shape index (κ1) is 31.7. The molecule has 0 bridgehead atoms. The fourth-order valence-electron chi connectivity index (χ4n) is 3.37. The maximum atomic E-state index is 12.3. The Kier molecular flexibility index (Phi) is 15.6. The van der Waals surface area contributed by atoms with Gasteiger partial charge in [-0.3, -0.25) is 4.79 Å². The summed E-state index contributed by atoms with van der Waals surface area (Å²) in [4.78, 5) is 14.2. The molecule has 0 aliphatic rings. The van der Waals surface area contributed by atoms with Gasteiger partial charge in [0.25, 0.3) is 0 Å². The predicted octanol–water partition coefficient (Wildman–Crippen LogP) is 7.91. The van der Waals surface area contributed by atoms with Crippen molar-refractivity contribution in [2.75, 3.05) is 20.2 Å². The molecule has 1 atom stereocenters. The van der Waals surface area contributed by atoms with Crippen LogP contribution < -0.4 is 0 Å². The highest BCUT2D eigenvalue weighted by Gasteiger charge is 2.19. The number of unbranched alkanes of at least 4 members (excludes halogenated alkanes) is 1. The summed E-state index contributed by atoms with van der Waals surface area (Å²) in [6, 6.07) is 19.8. The normalized spacial score (nSPS) is 13.2. The molecule has 0 saturated carbocycles. The lowest BCUT2D eigenvalue weighted by atomic mass is 10.1. The second-order valence-electron chi connectivity index (χ2n) is 8.50. The van der Waals surface area contributed by atoms with Crippen LogP contribution in [-0.2, 0) is 36.3 Å². The molecule has 0 spiro atoms. The van der Waals surface area contributed by atoms with E-state index in [1.807, 2.05) is 97.8 Å². The van der Waals surface area contributed by atoms with Gasteiger partial charge in [0.1, 0.15) is 6.54 Å². The number of ether oxygens (including phenoxy) is 1. The van der Waals surface area contributed by atoms with Gasteiger partial charge in [-0.2, -0.15) is 0 Å². The number of alkyl halides is 1. The molecule has 0 radical (unpaired) electrons. The van der Waals surface area contributed by atoms with E-state index in [0.717, 1.165) is 35.2 Å². The van der Waals surface area contributed by atoms with Gasteiger partial charge in [-0.15, -0.1) is 0 Å². The van der Waals surface area contributed by atoms with Crippen LogP contribution in [0, 0.1) is 0 Å². The Morgan fingerprint density at radius 2 is 1.58 bits per heavy atom. The third kappa shape index (κ3) is 12.9. The Morgan fingerprint density at radius 3 is 2.08 bits per heavy atom. The molecule has 2 aromatic rings. The van der Waals surface area contributed by atoms with Gasteiger partial charge < -0.3 is 23.2 Å². The number of hydrogen-bond acceptors (Lipinski definition) is 6. The molecule has 8 heteroatoms. The molecule has 0 N–H and O–H groups in total. The molecule has 0 aliphatic heterocycles. The van der Waals surface area contributed by atoms with E-state index in [9.17, 15) is 4.79 Å². The molecule has 206 valence electrons. The average Bonchev–Trinajstić information content (AvgIpc) is 2.91. The van der Waals surface area contributed by atoms with Crippen molar-refractivity contribution in [3.05, 3.63) is 107 Å². The van der Waals surface area contributed by atoms with Gasteiger partial charge in [0, 0.05) is 18.3 Å². The summed E-state index contributed by atoms with van der Waals surface area (Å²) >= 11 is 5.84. The number of carbonyl (C=O) groups is 1. The second kappa shape index (κ2) is 18.7. The number of hydrogen-bond donors (Lipinski definition) is 0. The third-order valence-corrected chi connectivity index (χ3v) is 6.31. The Hall–Kier alpha value is -2.47. The summed E-state index contributed by atoms with van der Waals surface area (Å²) in [6.07, 6.45) is 9.79. The van der Waals surface area contributed by atoms with Gasteiger partial charge >= 0.3 is 14.6 Å². The van der Waals surface area contributed by atoms with Crippen molar-refractivity contribution < 1.29 is 23.1 Å². The molecular weight excluding hydrogens is 521 g/mol. The van der Waals surface area contributed by atoms with E-state index in [1.54, 1.807) is 6.92 Å². The molecule has 1 unspecified atom stereocenters. The van der Waals surface area contributed by atoms with Crippen LogP contribution in [0.15, 0.2) is 96.2 Å². The molecule has 0 aromatic heterocycles. The number of likely N-dealkylation sites (N-methyl/N-ethyl adjacent to an activating group) is 1. The summed E-state index contributed by atoms with van der Waals surface area (Å²) in [5.74, 6) is -0.400. The van der Waals surface area contributed by atoms with E-state index in [1.165, 1.54) is 0 Å². The summed E-state index contributed by atoms with van der Waals surface area (Å²) in [7, 11) is 0.192. The number of allylic oxidation sites excluding steroid dienone is 4. The maximum Gasteiger partial charge on any atom is 0.333 e. The van der Waals surface area contributed by atoms with Gasteiger partial charge in [-0.05, 0) is 31.4 Å². The Bertz CT molecular complexity index is 984. The first-order valence-electron chi connectivity index (χ1n) is 12.8. The number of esters is 1. The zero-order valence-corrected chi connectivity index (χ0v) is 24.4. The van der Waals surface area contributed by atoms with Crippen molar-refractivity contribution in [3.8, 4) is 0 Å². The van der Waals surface area contributed by atoms with Crippen molar-refractivity contribution in [3.63, 3.8) is 0 Å². The van der Waals surface area contributed by atoms with Crippen molar-refractivity contribution in [1.29, 1.82) is 0 Å². The quantitative estimate of drug-likeness (QED) is 0.0849. The van der Waals surface area contributed by atoms with E-state index in [0.29, 0.717) is 13.2 Å². The van der Waals surface area contributed by atoms with Crippen molar-refractivity contribution in [2.24, 2.45) is 0 Å². The number of nitrogens with zero attached hydrogens (tertiary/aromatic N) is 1. The second-order valence-corrected chi connectivity index (χ2v) is 10.3. The third-order valence-electron chi connectivity index (χ3n) is 5.20. The minimum atomic E-state index is -1.66. The lowest BCUT2D eigenvalue weighted by Gasteiger charge is -2.25. The molecule has 2 rings (SSSR count). The minimum absolute atomic E-state index is 0.0591. The first-order chi connectivity index (χ1) is 18.4. The van der Waals surface area contributed by atoms with Crippen LogP contribution in [0.5, 0.6) is 0 Å². The lowest BCUT2D eigenvalue weighted by Crippen LogP contribution is -2.29. The molecule has 0 heterocycles. The molecular formula is C30H39ClNO5P. The standard InChI is InChI=1S/C30H39ClNO5P/c1-5-7-19-28(29(20-8-6-2)32(4)21-30(33)37-25(3)31)24-36-38(34-22-26-15-11-9-12-16-26)35-23-27-17-13-10-14-18-27/h5,7,9-20,25H,6,8,21-24H2,1-4H3/b7-5-,28-19-,29-20-. The Balaban J connectivity index is 2.19. The topological polar surface area (TPSA) is 57.2 Å². The largest absolute Gasteiger partial charge is 0.445 e. The number of benzene rings is 2. The van der Waals surface area contributed by atoms with Crippen LogP contribution in [0.3, 0.4) is 0 Å². The van der Waals surface area contributed by atoms with Gasteiger partial charge in [-0.25, -0.2) is 0 Å². The summed E-state index contributed by atoms with van der Waals surface area (Å²) in [5, 5.41) is 0. The van der Waals surface area contributed by atoms with Crippen molar-refractivity contribution in [1.82, 2.24) is 4.90 Å². The molecule has 38 heavy (non-hydrogen) atoms. The van der Waals surface area contributed by atoms with E-state index in [4.69, 9.17) is 29.9 Å². The first-order valence-corrected chi connectivity index (χ1v) is 14.3. The average molecular weight is 560 g/mol. The SMILES string of the molecule is C\C=C/C=C(COP(OCc1ccccc1)OCc1ccccc1)\C(=C\CCC)N(C)CC(=O)OC(C)Cl. The molecule has 0 amide bonds. The van der Waals surface area contributed by atoms with Crippen LogP contribution in [0.25, 0.3) is 0 Å². The van der Waals surface area contributed by atoms with Crippen molar-refractivity contribution >= 4 is 26.2 Å². The monoisotopic (exact) mass is 559 g/mol. The molecule has 0 aliphatic carbocycles. The van der Waals surface area contributed by atoms with Gasteiger partial charge in [0.05, 0.1) is 19.8 Å². The van der Waals surface area contributed by atoms with Crippen LogP contribution in [-0.4, -0.2) is 36.6 Å². The van der Waals surface area contributed by atoms with E-state index in [-0.39, 0.29) is 13.2 Å².